The van der Waals surface area contributed by atoms with E-state index < -0.39 is 0 Å². The topological polar surface area (TPSA) is 87.7 Å². The van der Waals surface area contributed by atoms with Gasteiger partial charge in [0.25, 0.3) is 0 Å². The van der Waals surface area contributed by atoms with Crippen molar-refractivity contribution in [3.05, 3.63) is 30.3 Å². The van der Waals surface area contributed by atoms with Gasteiger partial charge >= 0.3 is 0 Å². The van der Waals surface area contributed by atoms with E-state index in [2.05, 4.69) is 10.2 Å². The van der Waals surface area contributed by atoms with Gasteiger partial charge in [0.2, 0.25) is 0 Å². The summed E-state index contributed by atoms with van der Waals surface area (Å²) in [6.45, 7) is 0. The molecule has 0 radical (unpaired) electrons. The van der Waals surface area contributed by atoms with Gasteiger partial charge in [-0.2, -0.15) is 0 Å². The first-order valence-corrected chi connectivity index (χ1v) is 6.78. The van der Waals surface area contributed by atoms with Crippen LogP contribution in [0.4, 0.5) is 17.1 Å². The Morgan fingerprint density at radius 1 is 0.696 bits per heavy atom. The Morgan fingerprint density at radius 3 is 1.87 bits per heavy atom. The van der Waals surface area contributed by atoms with Crippen LogP contribution >= 0.6 is 0 Å². The standard InChI is InChI=1S/C16H19N3O4/c1-20-10-5-6-14(21-2)12(7-10)18-19-13-9-15(22-3)11(17)8-16(13)23-4/h5-9H,17H2,1-4H3. The van der Waals surface area contributed by atoms with Crippen LogP contribution in [0, 0.1) is 0 Å². The molecule has 2 aromatic rings. The summed E-state index contributed by atoms with van der Waals surface area (Å²) >= 11 is 0. The fourth-order valence-electron chi connectivity index (χ4n) is 1.97. The molecule has 0 aliphatic heterocycles. The first kappa shape index (κ1) is 16.4. The van der Waals surface area contributed by atoms with Crippen molar-refractivity contribution in [2.45, 2.75) is 0 Å². The molecule has 0 fully saturated rings. The fraction of sp³-hybridized carbons (Fsp3) is 0.250. The zero-order valence-electron chi connectivity index (χ0n) is 13.5. The van der Waals surface area contributed by atoms with Crippen LogP contribution < -0.4 is 24.7 Å². The minimum Gasteiger partial charge on any atom is -0.497 e. The van der Waals surface area contributed by atoms with E-state index >= 15 is 0 Å². The molecule has 0 unspecified atom stereocenters. The summed E-state index contributed by atoms with van der Waals surface area (Å²) in [7, 11) is 6.21. The second-order valence-corrected chi connectivity index (χ2v) is 4.50. The molecule has 122 valence electrons. The Bertz CT molecular complexity index is 717. The highest BCUT2D eigenvalue weighted by Gasteiger charge is 2.10. The summed E-state index contributed by atoms with van der Waals surface area (Å²) in [5.41, 5.74) is 7.34. The largest absolute Gasteiger partial charge is 0.497 e. The Labute approximate surface area is 134 Å². The quantitative estimate of drug-likeness (QED) is 0.648. The highest BCUT2D eigenvalue weighted by molar-refractivity contribution is 5.67. The van der Waals surface area contributed by atoms with Crippen LogP contribution in [0.5, 0.6) is 23.0 Å². The molecule has 0 aromatic heterocycles. The van der Waals surface area contributed by atoms with Crippen molar-refractivity contribution in [2.75, 3.05) is 34.2 Å². The van der Waals surface area contributed by atoms with Crippen LogP contribution in [0.1, 0.15) is 0 Å². The number of ether oxygens (including phenoxy) is 4. The van der Waals surface area contributed by atoms with Crippen molar-refractivity contribution < 1.29 is 18.9 Å². The molecule has 0 aliphatic carbocycles. The van der Waals surface area contributed by atoms with E-state index in [1.807, 2.05) is 0 Å². The van der Waals surface area contributed by atoms with Gasteiger partial charge in [0.1, 0.15) is 34.4 Å². The molecule has 2 rings (SSSR count). The lowest BCUT2D eigenvalue weighted by molar-refractivity contribution is 0.403. The van der Waals surface area contributed by atoms with Gasteiger partial charge in [0.05, 0.1) is 34.1 Å². The molecular formula is C16H19N3O4. The fourth-order valence-corrected chi connectivity index (χ4v) is 1.97. The van der Waals surface area contributed by atoms with Crippen molar-refractivity contribution >= 4 is 17.1 Å². The molecule has 0 amide bonds. The first-order valence-electron chi connectivity index (χ1n) is 6.78. The number of benzene rings is 2. The van der Waals surface area contributed by atoms with Gasteiger partial charge in [-0.05, 0) is 12.1 Å². The van der Waals surface area contributed by atoms with Crippen molar-refractivity contribution in [2.24, 2.45) is 10.2 Å². The van der Waals surface area contributed by atoms with Crippen LogP contribution in [0.25, 0.3) is 0 Å². The Kier molecular flexibility index (Phi) is 5.24. The van der Waals surface area contributed by atoms with Gasteiger partial charge in [-0.1, -0.05) is 0 Å². The Morgan fingerprint density at radius 2 is 1.30 bits per heavy atom. The average Bonchev–Trinajstić information content (AvgIpc) is 2.59. The molecule has 0 saturated carbocycles. The molecular weight excluding hydrogens is 298 g/mol. The molecule has 2 aromatic carbocycles. The second kappa shape index (κ2) is 7.35. The number of nitrogens with zero attached hydrogens (tertiary/aromatic N) is 2. The van der Waals surface area contributed by atoms with Gasteiger partial charge in [-0.15, -0.1) is 10.2 Å². The predicted octanol–water partition coefficient (Wildman–Crippen LogP) is 3.72. The molecule has 0 heterocycles. The summed E-state index contributed by atoms with van der Waals surface area (Å²) in [6.07, 6.45) is 0. The average molecular weight is 317 g/mol. The zero-order valence-corrected chi connectivity index (χ0v) is 13.5. The van der Waals surface area contributed by atoms with Gasteiger partial charge in [-0.25, -0.2) is 0 Å². The van der Waals surface area contributed by atoms with Crippen molar-refractivity contribution in [3.63, 3.8) is 0 Å². The lowest BCUT2D eigenvalue weighted by Crippen LogP contribution is -1.94. The van der Waals surface area contributed by atoms with E-state index in [-0.39, 0.29) is 0 Å². The lowest BCUT2D eigenvalue weighted by atomic mass is 10.2. The minimum atomic E-state index is 0.460. The van der Waals surface area contributed by atoms with Crippen molar-refractivity contribution in [1.82, 2.24) is 0 Å². The van der Waals surface area contributed by atoms with E-state index in [4.69, 9.17) is 24.7 Å². The monoisotopic (exact) mass is 317 g/mol. The third kappa shape index (κ3) is 3.63. The van der Waals surface area contributed by atoms with Crippen LogP contribution in [0.3, 0.4) is 0 Å². The maximum atomic E-state index is 5.85. The molecule has 7 nitrogen and oxygen atoms in total. The molecule has 7 heteroatoms. The van der Waals surface area contributed by atoms with E-state index in [0.29, 0.717) is 40.1 Å². The molecule has 0 atom stereocenters. The smallest absolute Gasteiger partial charge is 0.148 e. The van der Waals surface area contributed by atoms with E-state index in [0.717, 1.165) is 0 Å². The highest BCUT2D eigenvalue weighted by Crippen LogP contribution is 2.39. The first-order chi connectivity index (χ1) is 11.1. The van der Waals surface area contributed by atoms with Gasteiger partial charge in [-0.3, -0.25) is 0 Å². The molecule has 0 bridgehead atoms. The highest BCUT2D eigenvalue weighted by atomic mass is 16.5. The maximum Gasteiger partial charge on any atom is 0.148 e. The number of hydrogen-bond donors (Lipinski definition) is 1. The lowest BCUT2D eigenvalue weighted by Gasteiger charge is -2.09. The maximum absolute atomic E-state index is 5.85. The SMILES string of the molecule is COc1ccc(OC)c(N=Nc2cc(OC)c(N)cc2OC)c1. The predicted molar refractivity (Wildman–Crippen MR) is 87.7 cm³/mol. The van der Waals surface area contributed by atoms with E-state index in [1.54, 1.807) is 44.6 Å². The van der Waals surface area contributed by atoms with Crippen molar-refractivity contribution in [1.29, 1.82) is 0 Å². The van der Waals surface area contributed by atoms with Crippen LogP contribution in [-0.4, -0.2) is 28.4 Å². The van der Waals surface area contributed by atoms with Crippen LogP contribution in [0.2, 0.25) is 0 Å². The van der Waals surface area contributed by atoms with Crippen LogP contribution in [-0.2, 0) is 0 Å². The minimum absolute atomic E-state index is 0.460. The molecule has 0 spiro atoms. The number of nitrogen functional groups attached to an aromatic ring is 1. The number of azo groups is 1. The van der Waals surface area contributed by atoms with E-state index in [1.165, 1.54) is 14.2 Å². The van der Waals surface area contributed by atoms with Gasteiger partial charge < -0.3 is 24.7 Å². The third-order valence-electron chi connectivity index (χ3n) is 3.18. The molecule has 2 N–H and O–H groups in total. The van der Waals surface area contributed by atoms with Crippen molar-refractivity contribution in [3.8, 4) is 23.0 Å². The Balaban J connectivity index is 2.43. The zero-order chi connectivity index (χ0) is 16.8. The summed E-state index contributed by atoms with van der Waals surface area (Å²) in [5.74, 6) is 2.23. The number of rotatable bonds is 6. The number of methoxy groups -OCH3 is 4. The molecule has 0 saturated heterocycles. The summed E-state index contributed by atoms with van der Waals surface area (Å²) in [6, 6.07) is 8.56. The number of nitrogens with two attached hydrogens (primary N) is 1. The van der Waals surface area contributed by atoms with Gasteiger partial charge in [0.15, 0.2) is 0 Å². The Hall–Kier alpha value is -2.96. The van der Waals surface area contributed by atoms with Gasteiger partial charge in [0, 0.05) is 18.2 Å². The summed E-state index contributed by atoms with van der Waals surface area (Å²) in [5, 5.41) is 8.42. The third-order valence-corrected chi connectivity index (χ3v) is 3.18. The normalized spacial score (nSPS) is 10.6. The second-order valence-electron chi connectivity index (χ2n) is 4.50. The molecule has 23 heavy (non-hydrogen) atoms. The molecule has 0 aliphatic rings. The summed E-state index contributed by atoms with van der Waals surface area (Å²) < 4.78 is 20.9. The number of anilines is 1. The number of hydrogen-bond acceptors (Lipinski definition) is 7. The van der Waals surface area contributed by atoms with E-state index in [9.17, 15) is 0 Å². The summed E-state index contributed by atoms with van der Waals surface area (Å²) in [4.78, 5) is 0. The van der Waals surface area contributed by atoms with Crippen LogP contribution in [0.15, 0.2) is 40.6 Å².